The number of hydrogen-bond acceptors (Lipinski definition) is 6. The van der Waals surface area contributed by atoms with E-state index >= 15 is 0 Å². The smallest absolute Gasteiger partial charge is 0.245 e. The lowest BCUT2D eigenvalue weighted by molar-refractivity contribution is -0.123. The van der Waals surface area contributed by atoms with Crippen molar-refractivity contribution in [3.05, 3.63) is 41.6 Å². The van der Waals surface area contributed by atoms with Crippen molar-refractivity contribution in [1.29, 1.82) is 0 Å². The number of benzene rings is 1. The fourth-order valence-electron chi connectivity index (χ4n) is 1.89. The van der Waals surface area contributed by atoms with E-state index in [4.69, 9.17) is 5.73 Å². The van der Waals surface area contributed by atoms with Crippen molar-refractivity contribution in [2.75, 3.05) is 17.6 Å². The molecule has 0 fully saturated rings. The Morgan fingerprint density at radius 1 is 1.20 bits per heavy atom. The van der Waals surface area contributed by atoms with Gasteiger partial charge in [-0.25, -0.2) is 4.98 Å². The number of aromatic nitrogens is 1. The topological polar surface area (TPSA) is 114 Å². The van der Waals surface area contributed by atoms with Gasteiger partial charge in [-0.2, -0.15) is 0 Å². The van der Waals surface area contributed by atoms with Gasteiger partial charge in [-0.1, -0.05) is 41.7 Å². The number of nitrogens with two attached hydrogens (primary N) is 1. The van der Waals surface area contributed by atoms with Crippen molar-refractivity contribution >= 4 is 46.0 Å². The van der Waals surface area contributed by atoms with Gasteiger partial charge in [0.25, 0.3) is 0 Å². The number of amides is 3. The largest absolute Gasteiger partial charge is 0.369 e. The molecule has 25 heavy (non-hydrogen) atoms. The molecule has 0 aliphatic heterocycles. The average Bonchev–Trinajstić information content (AvgIpc) is 2.91. The summed E-state index contributed by atoms with van der Waals surface area (Å²) in [7, 11) is 0. The lowest BCUT2D eigenvalue weighted by Gasteiger charge is -2.05. The first-order chi connectivity index (χ1) is 11.9. The van der Waals surface area contributed by atoms with Crippen molar-refractivity contribution < 1.29 is 14.4 Å². The van der Waals surface area contributed by atoms with Crippen molar-refractivity contribution in [1.82, 2.24) is 10.3 Å². The molecular weight excluding hydrogens is 360 g/mol. The van der Waals surface area contributed by atoms with Crippen LogP contribution in [0, 0.1) is 6.92 Å². The van der Waals surface area contributed by atoms with Crippen LogP contribution >= 0.6 is 23.1 Å². The van der Waals surface area contributed by atoms with Crippen molar-refractivity contribution in [2.24, 2.45) is 5.73 Å². The monoisotopic (exact) mass is 378 g/mol. The second-order valence-corrected chi connectivity index (χ2v) is 7.38. The molecule has 0 radical (unpaired) electrons. The van der Waals surface area contributed by atoms with E-state index in [1.54, 1.807) is 6.92 Å². The Kier molecular flexibility index (Phi) is 6.96. The Hall–Kier alpha value is -2.39. The average molecular weight is 378 g/mol. The number of carbonyl (C=O) groups excluding carboxylic acids is 3. The molecule has 0 saturated heterocycles. The first-order valence-corrected chi connectivity index (χ1v) is 9.23. The number of nitrogens with zero attached hydrogens (tertiary/aromatic N) is 1. The predicted molar refractivity (Wildman–Crippen MR) is 98.6 cm³/mol. The van der Waals surface area contributed by atoms with Crippen LogP contribution in [0.5, 0.6) is 0 Å². The number of hydrogen-bond donors (Lipinski definition) is 3. The molecule has 2 aromatic rings. The normalized spacial score (nSPS) is 10.3. The van der Waals surface area contributed by atoms with Gasteiger partial charge in [0.1, 0.15) is 0 Å². The Morgan fingerprint density at radius 3 is 2.60 bits per heavy atom. The fourth-order valence-corrected chi connectivity index (χ4v) is 3.79. The van der Waals surface area contributed by atoms with Crippen LogP contribution in [0.1, 0.15) is 11.3 Å². The molecule has 1 aromatic carbocycles. The third kappa shape index (κ3) is 6.55. The van der Waals surface area contributed by atoms with Crippen molar-refractivity contribution in [2.45, 2.75) is 17.6 Å². The maximum Gasteiger partial charge on any atom is 0.245 e. The highest BCUT2D eigenvalue weighted by Gasteiger charge is 2.12. The van der Waals surface area contributed by atoms with Crippen LogP contribution in [0.25, 0.3) is 0 Å². The van der Waals surface area contributed by atoms with Gasteiger partial charge in [0.15, 0.2) is 5.13 Å². The predicted octanol–water partition coefficient (Wildman–Crippen LogP) is 1.33. The highest BCUT2D eigenvalue weighted by molar-refractivity contribution is 8.01. The fraction of sp³-hybridized carbons (Fsp3) is 0.250. The van der Waals surface area contributed by atoms with Crippen molar-refractivity contribution in [3.8, 4) is 0 Å². The summed E-state index contributed by atoms with van der Waals surface area (Å²) in [5.41, 5.74) is 6.72. The van der Waals surface area contributed by atoms with Crippen LogP contribution in [0.15, 0.2) is 34.5 Å². The summed E-state index contributed by atoms with van der Waals surface area (Å²) in [6.45, 7) is 1.66. The van der Waals surface area contributed by atoms with Gasteiger partial charge in [-0.3, -0.25) is 14.4 Å². The molecule has 9 heteroatoms. The van der Waals surface area contributed by atoms with E-state index in [0.717, 1.165) is 15.5 Å². The maximum atomic E-state index is 11.9. The molecule has 0 unspecified atom stereocenters. The zero-order valence-electron chi connectivity index (χ0n) is 13.6. The van der Waals surface area contributed by atoms with Gasteiger partial charge in [0, 0.05) is 0 Å². The Labute approximate surface area is 153 Å². The van der Waals surface area contributed by atoms with Crippen LogP contribution in [0.3, 0.4) is 0 Å². The zero-order chi connectivity index (χ0) is 18.2. The SMILES string of the molecule is Cc1nc(NC(=O)CNC(=O)Cc2ccccc2)sc1SCC(N)=O. The summed E-state index contributed by atoms with van der Waals surface area (Å²) in [5, 5.41) is 5.63. The summed E-state index contributed by atoms with van der Waals surface area (Å²) < 4.78 is 0.821. The summed E-state index contributed by atoms with van der Waals surface area (Å²) >= 11 is 2.55. The van der Waals surface area contributed by atoms with E-state index in [-0.39, 0.29) is 30.5 Å². The highest BCUT2D eigenvalue weighted by Crippen LogP contribution is 2.31. The number of carbonyl (C=O) groups is 3. The minimum Gasteiger partial charge on any atom is -0.369 e. The minimum absolute atomic E-state index is 0.131. The quantitative estimate of drug-likeness (QED) is 0.600. The number of thiazole rings is 1. The van der Waals surface area contributed by atoms with Crippen LogP contribution in [0.4, 0.5) is 5.13 Å². The molecule has 0 saturated carbocycles. The number of thioether (sulfide) groups is 1. The number of aryl methyl sites for hydroxylation is 1. The molecular formula is C16H18N4O3S2. The molecule has 1 aromatic heterocycles. The molecule has 0 aliphatic rings. The molecule has 2 rings (SSSR count). The Balaban J connectivity index is 1.79. The lowest BCUT2D eigenvalue weighted by atomic mass is 10.1. The van der Waals surface area contributed by atoms with E-state index in [0.29, 0.717) is 5.13 Å². The summed E-state index contributed by atoms with van der Waals surface area (Å²) in [6, 6.07) is 9.29. The van der Waals surface area contributed by atoms with Crippen molar-refractivity contribution in [3.63, 3.8) is 0 Å². The minimum atomic E-state index is -0.412. The number of anilines is 1. The Morgan fingerprint density at radius 2 is 1.92 bits per heavy atom. The van der Waals surface area contributed by atoms with Gasteiger partial charge in [-0.15, -0.1) is 11.8 Å². The molecule has 0 aliphatic carbocycles. The van der Waals surface area contributed by atoms with Crippen LogP contribution in [-0.2, 0) is 20.8 Å². The standard InChI is InChI=1S/C16H18N4O3S2/c1-10-15(24-9-12(17)21)25-16(19-10)20-14(23)8-18-13(22)7-11-5-3-2-4-6-11/h2-6H,7-9H2,1H3,(H2,17,21)(H,18,22)(H,19,20,23). The third-order valence-electron chi connectivity index (χ3n) is 3.00. The van der Waals surface area contributed by atoms with Crippen LogP contribution in [-0.4, -0.2) is 35.0 Å². The van der Waals surface area contributed by atoms with E-state index in [9.17, 15) is 14.4 Å². The summed E-state index contributed by atoms with van der Waals surface area (Å²) in [6.07, 6.45) is 0.221. The highest BCUT2D eigenvalue weighted by atomic mass is 32.2. The number of rotatable bonds is 8. The maximum absolute atomic E-state index is 11.9. The van der Waals surface area contributed by atoms with Gasteiger partial charge in [0.05, 0.1) is 28.6 Å². The number of nitrogens with one attached hydrogen (secondary N) is 2. The molecule has 3 amide bonds. The molecule has 0 spiro atoms. The van der Waals surface area contributed by atoms with Gasteiger partial charge in [0.2, 0.25) is 17.7 Å². The van der Waals surface area contributed by atoms with Gasteiger partial charge < -0.3 is 16.4 Å². The van der Waals surface area contributed by atoms with Crippen LogP contribution in [0.2, 0.25) is 0 Å². The molecule has 132 valence electrons. The zero-order valence-corrected chi connectivity index (χ0v) is 15.2. The number of primary amides is 1. The van der Waals surface area contributed by atoms with E-state index in [1.807, 2.05) is 30.3 Å². The molecule has 4 N–H and O–H groups in total. The van der Waals surface area contributed by atoms with Gasteiger partial charge >= 0.3 is 0 Å². The van der Waals surface area contributed by atoms with E-state index in [1.165, 1.54) is 23.1 Å². The second-order valence-electron chi connectivity index (χ2n) is 5.13. The van der Waals surface area contributed by atoms with Crippen LogP contribution < -0.4 is 16.4 Å². The van der Waals surface area contributed by atoms with E-state index in [2.05, 4.69) is 15.6 Å². The molecule has 0 atom stereocenters. The van der Waals surface area contributed by atoms with Gasteiger partial charge in [-0.05, 0) is 12.5 Å². The molecule has 0 bridgehead atoms. The Bertz CT molecular complexity index is 762. The summed E-state index contributed by atoms with van der Waals surface area (Å²) in [4.78, 5) is 38.8. The molecule has 7 nitrogen and oxygen atoms in total. The first kappa shape index (κ1) is 18.9. The lowest BCUT2D eigenvalue weighted by Crippen LogP contribution is -2.33. The summed E-state index contributed by atoms with van der Waals surface area (Å²) in [5.74, 6) is -0.841. The van der Waals surface area contributed by atoms with E-state index < -0.39 is 5.91 Å². The first-order valence-electron chi connectivity index (χ1n) is 7.43. The third-order valence-corrected chi connectivity index (χ3v) is 5.46. The second kappa shape index (κ2) is 9.19. The molecule has 1 heterocycles.